The van der Waals surface area contributed by atoms with Gasteiger partial charge in [0.2, 0.25) is 0 Å². The van der Waals surface area contributed by atoms with Crippen LogP contribution in [0.5, 0.6) is 0 Å². The first-order valence-electron chi connectivity index (χ1n) is 10.7. The van der Waals surface area contributed by atoms with E-state index in [1.807, 2.05) is 18.2 Å². The second-order valence-corrected chi connectivity index (χ2v) is 9.54. The predicted octanol–water partition coefficient (Wildman–Crippen LogP) is 8.07. The summed E-state index contributed by atoms with van der Waals surface area (Å²) in [6.45, 7) is 2.45. The van der Waals surface area contributed by atoms with Gasteiger partial charge in [-0.2, -0.15) is 13.2 Å². The number of alkyl halides is 3. The second kappa shape index (κ2) is 10.2. The SMILES string of the molecule is Cc1ccc(NC(=O)N2CCN(c3ccc(Cl)cc3Cl)C(c3ccc(Cl)cc3)C2)cc1C(F)(F)F. The minimum absolute atomic E-state index is 0.0825. The zero-order valence-electron chi connectivity index (χ0n) is 18.5. The van der Waals surface area contributed by atoms with Crippen molar-refractivity contribution in [3.8, 4) is 0 Å². The summed E-state index contributed by atoms with van der Waals surface area (Å²) in [5.41, 5.74) is 1.07. The molecule has 0 bridgehead atoms. The number of piperazine rings is 1. The maximum atomic E-state index is 13.3. The molecule has 1 fully saturated rings. The Morgan fingerprint density at radius 2 is 1.63 bits per heavy atom. The molecule has 2 amide bonds. The second-order valence-electron chi connectivity index (χ2n) is 8.26. The maximum absolute atomic E-state index is 13.3. The number of amides is 2. The van der Waals surface area contributed by atoms with Gasteiger partial charge in [0.05, 0.1) is 22.3 Å². The van der Waals surface area contributed by atoms with Gasteiger partial charge in [0.1, 0.15) is 0 Å². The molecule has 184 valence electrons. The summed E-state index contributed by atoms with van der Waals surface area (Å²) >= 11 is 18.6. The van der Waals surface area contributed by atoms with Crippen molar-refractivity contribution in [2.24, 2.45) is 0 Å². The van der Waals surface area contributed by atoms with Crippen molar-refractivity contribution in [3.05, 3.63) is 92.4 Å². The Balaban J connectivity index is 1.59. The topological polar surface area (TPSA) is 35.6 Å². The van der Waals surface area contributed by atoms with E-state index in [2.05, 4.69) is 10.2 Å². The van der Waals surface area contributed by atoms with Crippen LogP contribution in [-0.2, 0) is 6.18 Å². The number of nitrogens with one attached hydrogen (secondary N) is 1. The molecule has 3 aromatic carbocycles. The number of benzene rings is 3. The molecule has 1 atom stereocenters. The smallest absolute Gasteiger partial charge is 0.360 e. The monoisotopic (exact) mass is 541 g/mol. The normalized spacial score (nSPS) is 16.4. The van der Waals surface area contributed by atoms with Crippen molar-refractivity contribution in [1.29, 1.82) is 0 Å². The lowest BCUT2D eigenvalue weighted by Gasteiger charge is -2.43. The van der Waals surface area contributed by atoms with Crippen LogP contribution in [0.15, 0.2) is 60.7 Å². The van der Waals surface area contributed by atoms with Gasteiger partial charge in [-0.25, -0.2) is 4.79 Å². The summed E-state index contributed by atoms with van der Waals surface area (Å²) in [4.78, 5) is 16.7. The van der Waals surface area contributed by atoms with Gasteiger partial charge in [-0.15, -0.1) is 0 Å². The quantitative estimate of drug-likeness (QED) is 0.363. The van der Waals surface area contributed by atoms with Gasteiger partial charge >= 0.3 is 12.2 Å². The van der Waals surface area contributed by atoms with E-state index < -0.39 is 17.8 Å². The maximum Gasteiger partial charge on any atom is 0.416 e. The van der Waals surface area contributed by atoms with Crippen LogP contribution in [0.25, 0.3) is 0 Å². The van der Waals surface area contributed by atoms with Crippen molar-refractivity contribution in [2.45, 2.75) is 19.1 Å². The summed E-state index contributed by atoms with van der Waals surface area (Å²) in [6, 6.07) is 15.5. The number of hydrogen-bond acceptors (Lipinski definition) is 2. The lowest BCUT2D eigenvalue weighted by Crippen LogP contribution is -2.51. The Morgan fingerprint density at radius 1 is 0.943 bits per heavy atom. The first-order valence-corrected chi connectivity index (χ1v) is 11.9. The highest BCUT2D eigenvalue weighted by molar-refractivity contribution is 6.36. The van der Waals surface area contributed by atoms with Crippen LogP contribution in [0.1, 0.15) is 22.7 Å². The minimum Gasteiger partial charge on any atom is -0.360 e. The standard InChI is InChI=1S/C25H21Cl3F3N3O/c1-15-2-8-19(13-20(15)25(29,30)31)32-24(35)33-10-11-34(22-9-7-18(27)12-21(22)28)23(14-33)16-3-5-17(26)6-4-16/h2-9,12-13,23H,10-11,14H2,1H3,(H,32,35). The molecule has 0 spiro atoms. The molecule has 1 unspecified atom stereocenters. The number of rotatable bonds is 3. The summed E-state index contributed by atoms with van der Waals surface area (Å²) in [5.74, 6) is 0. The van der Waals surface area contributed by atoms with E-state index in [9.17, 15) is 18.0 Å². The van der Waals surface area contributed by atoms with E-state index in [4.69, 9.17) is 34.8 Å². The molecule has 0 saturated carbocycles. The van der Waals surface area contributed by atoms with E-state index in [-0.39, 0.29) is 23.8 Å². The fourth-order valence-corrected chi connectivity index (χ4v) is 4.79. The molecule has 0 aromatic heterocycles. The van der Waals surface area contributed by atoms with Crippen LogP contribution in [0.2, 0.25) is 15.1 Å². The summed E-state index contributed by atoms with van der Waals surface area (Å²) < 4.78 is 39.9. The molecule has 1 saturated heterocycles. The lowest BCUT2D eigenvalue weighted by atomic mass is 10.0. The number of carbonyl (C=O) groups is 1. The molecular weight excluding hydrogens is 522 g/mol. The molecule has 4 rings (SSSR count). The minimum atomic E-state index is -4.51. The van der Waals surface area contributed by atoms with E-state index in [0.717, 1.165) is 17.3 Å². The summed E-state index contributed by atoms with van der Waals surface area (Å²) in [5, 5.41) is 4.18. The predicted molar refractivity (Wildman–Crippen MR) is 135 cm³/mol. The number of nitrogens with zero attached hydrogens (tertiary/aromatic N) is 2. The Hall–Kier alpha value is -2.61. The summed E-state index contributed by atoms with van der Waals surface area (Å²) in [6.07, 6.45) is -4.51. The van der Waals surface area contributed by atoms with E-state index in [0.29, 0.717) is 28.2 Å². The molecule has 1 aliphatic rings. The third-order valence-electron chi connectivity index (χ3n) is 5.94. The largest absolute Gasteiger partial charge is 0.416 e. The first kappa shape index (κ1) is 25.5. The number of carbonyl (C=O) groups excluding carboxylic acids is 1. The third-order valence-corrected chi connectivity index (χ3v) is 6.73. The average molecular weight is 543 g/mol. The van der Waals surface area contributed by atoms with Gasteiger partial charge in [-0.3, -0.25) is 0 Å². The average Bonchev–Trinajstić information content (AvgIpc) is 2.80. The fraction of sp³-hybridized carbons (Fsp3) is 0.240. The van der Waals surface area contributed by atoms with Crippen molar-refractivity contribution >= 4 is 52.2 Å². The van der Waals surface area contributed by atoms with Crippen LogP contribution in [-0.4, -0.2) is 30.6 Å². The molecular formula is C25H21Cl3F3N3O. The number of hydrogen-bond donors (Lipinski definition) is 1. The van der Waals surface area contributed by atoms with Gasteiger partial charge in [0, 0.05) is 35.4 Å². The van der Waals surface area contributed by atoms with Crippen molar-refractivity contribution in [1.82, 2.24) is 4.90 Å². The van der Waals surface area contributed by atoms with Gasteiger partial charge in [-0.05, 0) is 60.5 Å². The van der Waals surface area contributed by atoms with E-state index in [1.54, 1.807) is 29.2 Å². The Bertz CT molecular complexity index is 1230. The Labute approximate surface area is 216 Å². The number of halogens is 6. The molecule has 3 aromatic rings. The van der Waals surface area contributed by atoms with E-state index in [1.165, 1.54) is 19.1 Å². The summed E-state index contributed by atoms with van der Waals surface area (Å²) in [7, 11) is 0. The van der Waals surface area contributed by atoms with Gasteiger partial charge in [0.15, 0.2) is 0 Å². The number of urea groups is 1. The van der Waals surface area contributed by atoms with Crippen molar-refractivity contribution < 1.29 is 18.0 Å². The van der Waals surface area contributed by atoms with Crippen LogP contribution >= 0.6 is 34.8 Å². The molecule has 35 heavy (non-hydrogen) atoms. The molecule has 0 radical (unpaired) electrons. The fourth-order valence-electron chi connectivity index (χ4n) is 4.15. The Morgan fingerprint density at radius 3 is 2.29 bits per heavy atom. The van der Waals surface area contributed by atoms with Crippen molar-refractivity contribution in [3.63, 3.8) is 0 Å². The van der Waals surface area contributed by atoms with Gasteiger partial charge in [0.25, 0.3) is 0 Å². The molecule has 1 aliphatic heterocycles. The zero-order chi connectivity index (χ0) is 25.3. The Kier molecular flexibility index (Phi) is 7.40. The van der Waals surface area contributed by atoms with Crippen LogP contribution < -0.4 is 10.2 Å². The number of anilines is 2. The molecule has 0 aliphatic carbocycles. The van der Waals surface area contributed by atoms with Gasteiger partial charge < -0.3 is 15.1 Å². The number of aryl methyl sites for hydroxylation is 1. The molecule has 1 heterocycles. The first-order chi connectivity index (χ1) is 16.5. The van der Waals surface area contributed by atoms with Crippen LogP contribution in [0, 0.1) is 6.92 Å². The van der Waals surface area contributed by atoms with Crippen LogP contribution in [0.4, 0.5) is 29.3 Å². The zero-order valence-corrected chi connectivity index (χ0v) is 20.8. The molecule has 10 heteroatoms. The molecule has 4 nitrogen and oxygen atoms in total. The lowest BCUT2D eigenvalue weighted by molar-refractivity contribution is -0.138. The van der Waals surface area contributed by atoms with E-state index >= 15 is 0 Å². The van der Waals surface area contributed by atoms with Crippen molar-refractivity contribution in [2.75, 3.05) is 29.9 Å². The highest BCUT2D eigenvalue weighted by Gasteiger charge is 2.34. The highest BCUT2D eigenvalue weighted by Crippen LogP contribution is 2.37. The highest BCUT2D eigenvalue weighted by atomic mass is 35.5. The third kappa shape index (κ3) is 5.80. The van der Waals surface area contributed by atoms with Crippen LogP contribution in [0.3, 0.4) is 0 Å². The molecule has 1 N–H and O–H groups in total. The van der Waals surface area contributed by atoms with Gasteiger partial charge in [-0.1, -0.05) is 53.0 Å².